The van der Waals surface area contributed by atoms with Crippen LogP contribution in [0.1, 0.15) is 49.3 Å². The number of thioether (sulfide) groups is 1. The molecule has 7 nitrogen and oxygen atoms in total. The van der Waals surface area contributed by atoms with Crippen molar-refractivity contribution in [1.82, 2.24) is 19.8 Å². The van der Waals surface area contributed by atoms with Gasteiger partial charge in [-0.2, -0.15) is 0 Å². The van der Waals surface area contributed by atoms with E-state index in [-0.39, 0.29) is 11.3 Å². The van der Waals surface area contributed by atoms with Crippen LogP contribution in [-0.2, 0) is 15.9 Å². The zero-order valence-electron chi connectivity index (χ0n) is 20.9. The first-order valence-electron chi connectivity index (χ1n) is 12.3. The summed E-state index contributed by atoms with van der Waals surface area (Å²) in [6.07, 6.45) is 0. The lowest BCUT2D eigenvalue weighted by Gasteiger charge is -2.35. The number of morpholine rings is 1. The molecule has 0 aliphatic carbocycles. The van der Waals surface area contributed by atoms with Crippen molar-refractivity contribution < 1.29 is 9.53 Å². The summed E-state index contributed by atoms with van der Waals surface area (Å²) in [5.74, 6) is 1.88. The van der Waals surface area contributed by atoms with Crippen molar-refractivity contribution in [2.45, 2.75) is 44.0 Å². The van der Waals surface area contributed by atoms with Gasteiger partial charge in [-0.3, -0.25) is 4.79 Å². The summed E-state index contributed by atoms with van der Waals surface area (Å²) in [4.78, 5) is 29.2. The fourth-order valence-corrected chi connectivity index (χ4v) is 4.97. The molecular weight excluding hydrogens is 446 g/mol. The van der Waals surface area contributed by atoms with Crippen LogP contribution in [0.5, 0.6) is 0 Å². The number of piperazine rings is 1. The summed E-state index contributed by atoms with van der Waals surface area (Å²) in [5.41, 5.74) is 2.92. The molecule has 0 spiro atoms. The predicted molar refractivity (Wildman–Crippen MR) is 138 cm³/mol. The Morgan fingerprint density at radius 3 is 2.29 bits per heavy atom. The molecule has 0 atom stereocenters. The second-order valence-electron chi connectivity index (χ2n) is 9.96. The fraction of sp³-hybridized carbons (Fsp3) is 0.577. The molecule has 0 saturated carbocycles. The molecular formula is C26H37N5O2S. The Bertz CT molecular complexity index is 962. The molecule has 0 N–H and O–H groups in total. The van der Waals surface area contributed by atoms with E-state index in [1.54, 1.807) is 11.8 Å². The second kappa shape index (κ2) is 11.1. The van der Waals surface area contributed by atoms with E-state index in [4.69, 9.17) is 14.7 Å². The maximum absolute atomic E-state index is 12.7. The monoisotopic (exact) mass is 483 g/mol. The van der Waals surface area contributed by atoms with E-state index in [2.05, 4.69) is 43.6 Å². The number of nitrogens with zero attached hydrogens (tertiary/aromatic N) is 5. The van der Waals surface area contributed by atoms with Crippen molar-refractivity contribution in [2.75, 3.05) is 63.9 Å². The minimum Gasteiger partial charge on any atom is -0.378 e. The highest BCUT2D eigenvalue weighted by atomic mass is 32.2. The van der Waals surface area contributed by atoms with Crippen LogP contribution >= 0.6 is 11.8 Å². The lowest BCUT2D eigenvalue weighted by Crippen LogP contribution is -2.46. The van der Waals surface area contributed by atoms with Gasteiger partial charge in [-0.1, -0.05) is 51.6 Å². The van der Waals surface area contributed by atoms with Crippen LogP contribution in [0.2, 0.25) is 0 Å². The molecule has 0 unspecified atom stereocenters. The first kappa shape index (κ1) is 24.9. The van der Waals surface area contributed by atoms with Gasteiger partial charge in [0.2, 0.25) is 0 Å². The van der Waals surface area contributed by atoms with Crippen molar-refractivity contribution in [3.05, 3.63) is 47.2 Å². The molecule has 2 aliphatic heterocycles. The Labute approximate surface area is 207 Å². The van der Waals surface area contributed by atoms with Gasteiger partial charge in [-0.05, 0) is 24.2 Å². The normalized spacial score (nSPS) is 17.8. The van der Waals surface area contributed by atoms with E-state index in [1.165, 1.54) is 0 Å². The van der Waals surface area contributed by atoms with Gasteiger partial charge in [0.05, 0.1) is 18.9 Å². The smallest absolute Gasteiger partial charge is 0.254 e. The Balaban J connectivity index is 1.44. The number of carbonyl (C=O) groups is 1. The molecule has 2 aromatic rings. The lowest BCUT2D eigenvalue weighted by molar-refractivity contribution is 0.0303. The molecule has 1 aromatic heterocycles. The van der Waals surface area contributed by atoms with Crippen LogP contribution in [-0.4, -0.2) is 84.7 Å². The number of amides is 1. The maximum Gasteiger partial charge on any atom is 0.254 e. The van der Waals surface area contributed by atoms with Crippen LogP contribution in [0.25, 0.3) is 0 Å². The average Bonchev–Trinajstić information content (AvgIpc) is 2.87. The molecule has 0 radical (unpaired) electrons. The third-order valence-corrected chi connectivity index (χ3v) is 7.39. The summed E-state index contributed by atoms with van der Waals surface area (Å²) in [7, 11) is 0. The molecule has 4 rings (SSSR count). The third-order valence-electron chi connectivity index (χ3n) is 6.47. The van der Waals surface area contributed by atoms with Gasteiger partial charge in [0.25, 0.3) is 5.91 Å². The highest BCUT2D eigenvalue weighted by molar-refractivity contribution is 7.98. The van der Waals surface area contributed by atoms with Crippen molar-refractivity contribution in [2.24, 2.45) is 0 Å². The van der Waals surface area contributed by atoms with Crippen molar-refractivity contribution in [1.29, 1.82) is 0 Å². The average molecular weight is 484 g/mol. The lowest BCUT2D eigenvalue weighted by atomic mass is 9.92. The number of aromatic nitrogens is 2. The predicted octanol–water partition coefficient (Wildman–Crippen LogP) is 3.68. The standard InChI is InChI=1S/C26H37N5O2S/c1-5-29-10-12-30(13-11-29)23-18-22(26(2,3)4)27-25(28-23)34-19-20-6-8-21(9-7-20)24(32)31-14-16-33-17-15-31/h6-9,18H,5,10-17,19H2,1-4H3. The second-order valence-corrected chi connectivity index (χ2v) is 10.9. The van der Waals surface area contributed by atoms with Crippen molar-refractivity contribution in [3.63, 3.8) is 0 Å². The molecule has 2 aliphatic rings. The van der Waals surface area contributed by atoms with E-state index < -0.39 is 0 Å². The summed E-state index contributed by atoms with van der Waals surface area (Å²) in [6, 6.07) is 10.1. The van der Waals surface area contributed by atoms with Gasteiger partial charge in [-0.25, -0.2) is 9.97 Å². The van der Waals surface area contributed by atoms with Crippen LogP contribution in [0.4, 0.5) is 5.82 Å². The van der Waals surface area contributed by atoms with Crippen molar-refractivity contribution in [3.8, 4) is 0 Å². The summed E-state index contributed by atoms with van der Waals surface area (Å²) in [6.45, 7) is 16.6. The largest absolute Gasteiger partial charge is 0.378 e. The summed E-state index contributed by atoms with van der Waals surface area (Å²) < 4.78 is 5.35. The molecule has 2 saturated heterocycles. The molecule has 1 aromatic carbocycles. The first-order valence-corrected chi connectivity index (χ1v) is 13.3. The number of anilines is 1. The number of hydrogen-bond acceptors (Lipinski definition) is 7. The topological polar surface area (TPSA) is 61.8 Å². The molecule has 0 bridgehead atoms. The number of ether oxygens (including phenoxy) is 1. The van der Waals surface area contributed by atoms with E-state index in [0.29, 0.717) is 26.3 Å². The molecule has 2 fully saturated rings. The Morgan fingerprint density at radius 1 is 1.00 bits per heavy atom. The van der Waals surface area contributed by atoms with E-state index in [0.717, 1.165) is 66.3 Å². The number of benzene rings is 1. The first-order chi connectivity index (χ1) is 16.3. The zero-order chi connectivity index (χ0) is 24.1. The number of rotatable bonds is 6. The molecule has 3 heterocycles. The van der Waals surface area contributed by atoms with Gasteiger partial charge < -0.3 is 19.4 Å². The number of hydrogen-bond donors (Lipinski definition) is 0. The Morgan fingerprint density at radius 2 is 1.68 bits per heavy atom. The van der Waals surface area contributed by atoms with E-state index >= 15 is 0 Å². The number of likely N-dealkylation sites (N-methyl/N-ethyl adjacent to an activating group) is 1. The van der Waals surface area contributed by atoms with Gasteiger partial charge >= 0.3 is 0 Å². The van der Waals surface area contributed by atoms with Gasteiger partial charge in [-0.15, -0.1) is 0 Å². The molecule has 8 heteroatoms. The Hall–Kier alpha value is -2.16. The van der Waals surface area contributed by atoms with Crippen LogP contribution in [0, 0.1) is 0 Å². The van der Waals surface area contributed by atoms with Crippen LogP contribution in [0.3, 0.4) is 0 Å². The van der Waals surface area contributed by atoms with Gasteiger partial charge in [0, 0.05) is 62.1 Å². The summed E-state index contributed by atoms with van der Waals surface area (Å²) in [5, 5.41) is 0.814. The minimum absolute atomic E-state index is 0.0419. The van der Waals surface area contributed by atoms with E-state index in [1.807, 2.05) is 29.2 Å². The van der Waals surface area contributed by atoms with E-state index in [9.17, 15) is 4.79 Å². The highest BCUT2D eigenvalue weighted by Crippen LogP contribution is 2.29. The van der Waals surface area contributed by atoms with Crippen LogP contribution < -0.4 is 4.90 Å². The zero-order valence-corrected chi connectivity index (χ0v) is 21.7. The van der Waals surface area contributed by atoms with Gasteiger partial charge in [0.15, 0.2) is 5.16 Å². The summed E-state index contributed by atoms with van der Waals surface area (Å²) >= 11 is 1.66. The maximum atomic E-state index is 12.7. The number of carbonyl (C=O) groups excluding carboxylic acids is 1. The highest BCUT2D eigenvalue weighted by Gasteiger charge is 2.23. The Kier molecular flexibility index (Phi) is 8.11. The third kappa shape index (κ3) is 6.29. The SMILES string of the molecule is CCN1CCN(c2cc(C(C)(C)C)nc(SCc3ccc(C(=O)N4CCOCC4)cc3)n2)CC1. The van der Waals surface area contributed by atoms with Crippen molar-refractivity contribution >= 4 is 23.5 Å². The van der Waals surface area contributed by atoms with Gasteiger partial charge in [0.1, 0.15) is 5.82 Å². The quantitative estimate of drug-likeness (QED) is 0.459. The fourth-order valence-electron chi connectivity index (χ4n) is 4.16. The van der Waals surface area contributed by atoms with Crippen LogP contribution in [0.15, 0.2) is 35.5 Å². The molecule has 34 heavy (non-hydrogen) atoms. The molecule has 1 amide bonds. The minimum atomic E-state index is -0.0419. The molecule has 184 valence electrons.